The average Bonchev–Trinajstić information content (AvgIpc) is 2.85. The van der Waals surface area contributed by atoms with Crippen molar-refractivity contribution < 1.29 is 23.0 Å². The molecule has 1 N–H and O–H groups in total. The van der Waals surface area contributed by atoms with Crippen molar-refractivity contribution in [2.75, 3.05) is 0 Å². The van der Waals surface area contributed by atoms with E-state index in [-0.39, 0.29) is 11.7 Å². The smallest absolute Gasteiger partial charge is 0.406 e. The van der Waals surface area contributed by atoms with Crippen LogP contribution in [0.15, 0.2) is 24.3 Å². The van der Waals surface area contributed by atoms with Crippen molar-refractivity contribution in [3.63, 3.8) is 0 Å². The Morgan fingerprint density at radius 2 is 2.00 bits per heavy atom. The molecule has 0 fully saturated rings. The fourth-order valence-corrected chi connectivity index (χ4v) is 2.65. The molecule has 1 atom stereocenters. The van der Waals surface area contributed by atoms with Gasteiger partial charge in [-0.1, -0.05) is 30.5 Å². The Morgan fingerprint density at radius 1 is 1.29 bits per heavy atom. The van der Waals surface area contributed by atoms with E-state index in [1.807, 2.05) is 13.8 Å². The van der Waals surface area contributed by atoms with E-state index in [9.17, 15) is 18.3 Å². The van der Waals surface area contributed by atoms with Crippen molar-refractivity contribution in [1.82, 2.24) is 9.59 Å². The molecule has 0 aliphatic heterocycles. The maximum atomic E-state index is 12.2. The molecule has 0 radical (unpaired) electrons. The number of ether oxygens (including phenoxy) is 1. The van der Waals surface area contributed by atoms with Gasteiger partial charge in [-0.05, 0) is 35.1 Å². The first-order valence-electron chi connectivity index (χ1n) is 6.14. The summed E-state index contributed by atoms with van der Waals surface area (Å²) in [6.45, 7) is 3.80. The Bertz CT molecular complexity index is 613. The molecule has 0 spiro atoms. The molecular weight excluding hydrogens is 305 g/mol. The molecule has 0 aliphatic carbocycles. The van der Waals surface area contributed by atoms with Gasteiger partial charge in [0.1, 0.15) is 11.9 Å². The number of benzene rings is 1. The van der Waals surface area contributed by atoms with Gasteiger partial charge in [-0.25, -0.2) is 0 Å². The average molecular weight is 318 g/mol. The van der Waals surface area contributed by atoms with Crippen LogP contribution in [0.25, 0.3) is 0 Å². The molecule has 2 rings (SSSR count). The van der Waals surface area contributed by atoms with Crippen LogP contribution < -0.4 is 4.74 Å². The Morgan fingerprint density at radius 3 is 2.62 bits per heavy atom. The summed E-state index contributed by atoms with van der Waals surface area (Å²) in [6, 6.07) is 5.25. The van der Waals surface area contributed by atoms with E-state index in [0.29, 0.717) is 16.1 Å². The lowest BCUT2D eigenvalue weighted by Gasteiger charge is -2.14. The maximum Gasteiger partial charge on any atom is 0.573 e. The Labute approximate surface area is 123 Å². The van der Waals surface area contributed by atoms with Crippen LogP contribution >= 0.6 is 11.5 Å². The second-order valence-corrected chi connectivity index (χ2v) is 5.49. The number of rotatable bonds is 4. The van der Waals surface area contributed by atoms with Crippen LogP contribution in [0.5, 0.6) is 5.75 Å². The lowest BCUT2D eigenvalue weighted by molar-refractivity contribution is -0.274. The highest BCUT2D eigenvalue weighted by atomic mass is 32.1. The highest BCUT2D eigenvalue weighted by Crippen LogP contribution is 2.33. The second-order valence-electron chi connectivity index (χ2n) is 4.70. The Hall–Kier alpha value is -1.67. The van der Waals surface area contributed by atoms with E-state index in [1.54, 1.807) is 0 Å². The molecule has 0 amide bonds. The third-order valence-corrected chi connectivity index (χ3v) is 3.54. The van der Waals surface area contributed by atoms with E-state index in [1.165, 1.54) is 18.2 Å². The molecule has 1 unspecified atom stereocenters. The van der Waals surface area contributed by atoms with Gasteiger partial charge in [0.25, 0.3) is 0 Å². The molecule has 0 bridgehead atoms. The molecule has 1 aromatic heterocycles. The predicted molar refractivity (Wildman–Crippen MR) is 71.2 cm³/mol. The highest BCUT2D eigenvalue weighted by molar-refractivity contribution is 7.05. The molecule has 8 heteroatoms. The van der Waals surface area contributed by atoms with Crippen molar-refractivity contribution in [2.45, 2.75) is 32.2 Å². The molecule has 0 saturated carbocycles. The molecule has 114 valence electrons. The minimum Gasteiger partial charge on any atom is -0.406 e. The van der Waals surface area contributed by atoms with Gasteiger partial charge in [0.2, 0.25) is 0 Å². The summed E-state index contributed by atoms with van der Waals surface area (Å²) < 4.78 is 44.3. The lowest BCUT2D eigenvalue weighted by Crippen LogP contribution is -2.17. The van der Waals surface area contributed by atoms with Gasteiger partial charge in [-0.2, -0.15) is 0 Å². The molecular formula is C13H13F3N2O2S. The zero-order valence-electron chi connectivity index (χ0n) is 11.3. The molecule has 4 nitrogen and oxygen atoms in total. The van der Waals surface area contributed by atoms with Crippen molar-refractivity contribution >= 4 is 11.5 Å². The third-order valence-electron chi connectivity index (χ3n) is 2.74. The minimum atomic E-state index is -4.77. The highest BCUT2D eigenvalue weighted by Gasteiger charge is 2.31. The fraction of sp³-hybridized carbons (Fsp3) is 0.385. The van der Waals surface area contributed by atoms with E-state index in [4.69, 9.17) is 0 Å². The van der Waals surface area contributed by atoms with Gasteiger partial charge < -0.3 is 9.84 Å². The minimum absolute atomic E-state index is 0.0583. The molecule has 0 saturated heterocycles. The van der Waals surface area contributed by atoms with Gasteiger partial charge in [0.05, 0.1) is 10.6 Å². The van der Waals surface area contributed by atoms with E-state index in [2.05, 4.69) is 14.3 Å². The zero-order chi connectivity index (χ0) is 15.6. The number of alkyl halides is 3. The summed E-state index contributed by atoms with van der Waals surface area (Å²) in [7, 11) is 0. The van der Waals surface area contributed by atoms with Crippen LogP contribution in [-0.4, -0.2) is 21.1 Å². The summed E-state index contributed by atoms with van der Waals surface area (Å²) in [5, 5.41) is 14.3. The summed E-state index contributed by atoms with van der Waals surface area (Å²) in [5.41, 5.74) is 0.930. The van der Waals surface area contributed by atoms with Crippen molar-refractivity contribution in [3.8, 4) is 5.75 Å². The van der Waals surface area contributed by atoms with Gasteiger partial charge in [-0.15, -0.1) is 18.3 Å². The number of nitrogens with zero attached hydrogens (tertiary/aromatic N) is 2. The summed E-state index contributed by atoms with van der Waals surface area (Å²) in [5.74, 6) is -0.314. The van der Waals surface area contributed by atoms with Crippen molar-refractivity contribution in [3.05, 3.63) is 40.4 Å². The van der Waals surface area contributed by atoms with Gasteiger partial charge in [0.15, 0.2) is 0 Å². The van der Waals surface area contributed by atoms with Crippen LogP contribution in [0.4, 0.5) is 13.2 Å². The summed E-state index contributed by atoms with van der Waals surface area (Å²) in [4.78, 5) is 0.522. The number of aromatic nitrogens is 2. The summed E-state index contributed by atoms with van der Waals surface area (Å²) in [6.07, 6.45) is -5.85. The van der Waals surface area contributed by atoms with E-state index >= 15 is 0 Å². The van der Waals surface area contributed by atoms with Crippen LogP contribution in [0.2, 0.25) is 0 Å². The molecule has 2 aromatic rings. The van der Waals surface area contributed by atoms with E-state index in [0.717, 1.165) is 17.6 Å². The standard InChI is InChI=1S/C13H13F3N2O2S/c1-7(2)10-12(21-18-17-10)11(19)8-4-3-5-9(6-8)20-13(14,15)16/h3-7,11,19H,1-2H3. The fourth-order valence-electron chi connectivity index (χ4n) is 1.83. The number of hydrogen-bond donors (Lipinski definition) is 1. The quantitative estimate of drug-likeness (QED) is 0.935. The second kappa shape index (κ2) is 5.98. The zero-order valence-corrected chi connectivity index (χ0v) is 12.1. The predicted octanol–water partition coefficient (Wildman–Crippen LogP) is 3.64. The third kappa shape index (κ3) is 3.92. The lowest BCUT2D eigenvalue weighted by atomic mass is 10.0. The van der Waals surface area contributed by atoms with Crippen LogP contribution in [0.3, 0.4) is 0 Å². The maximum absolute atomic E-state index is 12.2. The Kier molecular flexibility index (Phi) is 4.48. The first kappa shape index (κ1) is 15.7. The molecule has 1 aromatic carbocycles. The largest absolute Gasteiger partial charge is 0.573 e. The van der Waals surface area contributed by atoms with Gasteiger partial charge in [-0.3, -0.25) is 0 Å². The summed E-state index contributed by atoms with van der Waals surface area (Å²) >= 11 is 1.03. The number of halogens is 3. The topological polar surface area (TPSA) is 55.2 Å². The Balaban J connectivity index is 2.29. The van der Waals surface area contributed by atoms with Crippen molar-refractivity contribution in [1.29, 1.82) is 0 Å². The molecule has 1 heterocycles. The normalized spacial score (nSPS) is 13.5. The number of aliphatic hydroxyl groups excluding tert-OH is 1. The monoisotopic (exact) mass is 318 g/mol. The first-order chi connectivity index (χ1) is 9.78. The number of hydrogen-bond acceptors (Lipinski definition) is 5. The SMILES string of the molecule is CC(C)c1nnsc1C(O)c1cccc(OC(F)(F)F)c1. The van der Waals surface area contributed by atoms with Gasteiger partial charge in [0, 0.05) is 0 Å². The molecule has 21 heavy (non-hydrogen) atoms. The van der Waals surface area contributed by atoms with Crippen LogP contribution in [-0.2, 0) is 0 Å². The van der Waals surface area contributed by atoms with Crippen LogP contribution in [0, 0.1) is 0 Å². The molecule has 0 aliphatic rings. The van der Waals surface area contributed by atoms with E-state index < -0.39 is 12.5 Å². The van der Waals surface area contributed by atoms with Gasteiger partial charge >= 0.3 is 6.36 Å². The van der Waals surface area contributed by atoms with Crippen molar-refractivity contribution in [2.24, 2.45) is 0 Å². The van der Waals surface area contributed by atoms with Crippen LogP contribution in [0.1, 0.15) is 42.0 Å². The first-order valence-corrected chi connectivity index (χ1v) is 6.91. The number of aliphatic hydroxyl groups is 1.